The number of benzene rings is 7. The van der Waals surface area contributed by atoms with Gasteiger partial charge in [-0.05, 0) is 97.6 Å². The molecule has 7 aromatic rings. The maximum Gasteiger partial charge on any atom is 0.0725 e. The van der Waals surface area contributed by atoms with Crippen LogP contribution in [0, 0.1) is 0 Å². The second-order valence-corrected chi connectivity index (χ2v) is 13.4. The Morgan fingerprint density at radius 2 is 0.979 bits per heavy atom. The average molecular weight is 615 g/mol. The van der Waals surface area contributed by atoms with E-state index in [2.05, 4.69) is 181 Å². The van der Waals surface area contributed by atoms with Crippen LogP contribution in [0.15, 0.2) is 164 Å². The van der Waals surface area contributed by atoms with Gasteiger partial charge >= 0.3 is 0 Å². The number of nitrogens with zero attached hydrogens (tertiary/aromatic N) is 2. The summed E-state index contributed by atoms with van der Waals surface area (Å²) in [4.78, 5) is 4.79. The van der Waals surface area contributed by atoms with Crippen molar-refractivity contribution in [3.63, 3.8) is 0 Å². The Morgan fingerprint density at radius 1 is 0.500 bits per heavy atom. The maximum atomic E-state index is 2.42. The molecule has 0 N–H and O–H groups in total. The van der Waals surface area contributed by atoms with Gasteiger partial charge < -0.3 is 9.80 Å². The number of hydrogen-bond acceptors (Lipinski definition) is 2. The third-order valence-corrected chi connectivity index (χ3v) is 10.9. The maximum absolute atomic E-state index is 2.42. The van der Waals surface area contributed by atoms with Gasteiger partial charge in [0.15, 0.2) is 0 Å². The smallest absolute Gasteiger partial charge is 0.0725 e. The number of rotatable bonds is 4. The summed E-state index contributed by atoms with van der Waals surface area (Å²) in [6.45, 7) is 0.824. The van der Waals surface area contributed by atoms with E-state index in [1.807, 2.05) is 0 Å². The summed E-state index contributed by atoms with van der Waals surface area (Å²) >= 11 is 0. The third-order valence-electron chi connectivity index (χ3n) is 10.9. The largest absolute Gasteiger partial charge is 0.370 e. The molecule has 0 amide bonds. The molecule has 2 nitrogen and oxygen atoms in total. The molecule has 3 aliphatic rings. The van der Waals surface area contributed by atoms with Crippen molar-refractivity contribution in [1.29, 1.82) is 0 Å². The first-order chi connectivity index (χ1) is 23.7. The average Bonchev–Trinajstić information content (AvgIpc) is 3.61. The predicted octanol–water partition coefficient (Wildman–Crippen LogP) is 11.0. The summed E-state index contributed by atoms with van der Waals surface area (Å²) in [5.41, 5.74) is 19.6. The molecule has 10 rings (SSSR count). The summed E-state index contributed by atoms with van der Waals surface area (Å²) in [7, 11) is 2.21. The molecular weight excluding hydrogens is 581 g/mol. The molecular formula is C46H34N2. The van der Waals surface area contributed by atoms with Gasteiger partial charge in [-0.3, -0.25) is 0 Å². The normalized spacial score (nSPS) is 14.1. The number of hydrogen-bond donors (Lipinski definition) is 0. The van der Waals surface area contributed by atoms with E-state index in [1.54, 1.807) is 0 Å². The van der Waals surface area contributed by atoms with Gasteiger partial charge in [0.25, 0.3) is 0 Å². The van der Waals surface area contributed by atoms with Crippen LogP contribution in [0.3, 0.4) is 0 Å². The lowest BCUT2D eigenvalue weighted by Crippen LogP contribution is -2.26. The molecule has 0 radical (unpaired) electrons. The van der Waals surface area contributed by atoms with Crippen LogP contribution in [0.1, 0.15) is 38.9 Å². The standard InChI is InChI=1S/C46H34N2/c1-47(30-31-22-24-34(25-23-31)48-44-20-10-2-12-32(44)28-33-13-3-11-21-45(33)48)35-26-27-43-39(29-35)38-16-6-9-19-42(38)46(43)40-17-7-4-14-36(40)37-15-5-8-18-41(37)46/h2-27,29H,28,30H2,1H3. The Kier molecular flexibility index (Phi) is 5.86. The zero-order valence-corrected chi connectivity index (χ0v) is 26.9. The van der Waals surface area contributed by atoms with Crippen molar-refractivity contribution in [2.45, 2.75) is 18.4 Å². The Hall–Kier alpha value is -5.86. The molecule has 0 saturated heterocycles. The zero-order valence-electron chi connectivity index (χ0n) is 26.9. The van der Waals surface area contributed by atoms with E-state index >= 15 is 0 Å². The molecule has 1 spiro atoms. The fraction of sp³-hybridized carbons (Fsp3) is 0.0870. The van der Waals surface area contributed by atoms with E-state index in [9.17, 15) is 0 Å². The van der Waals surface area contributed by atoms with Crippen LogP contribution < -0.4 is 9.80 Å². The highest BCUT2D eigenvalue weighted by atomic mass is 15.2. The molecule has 1 aliphatic heterocycles. The van der Waals surface area contributed by atoms with E-state index in [4.69, 9.17) is 0 Å². The van der Waals surface area contributed by atoms with Gasteiger partial charge in [-0.2, -0.15) is 0 Å². The molecule has 0 fully saturated rings. The first-order valence-corrected chi connectivity index (χ1v) is 16.9. The van der Waals surface area contributed by atoms with Gasteiger partial charge in [0, 0.05) is 42.8 Å². The van der Waals surface area contributed by atoms with Crippen molar-refractivity contribution < 1.29 is 0 Å². The number of anilines is 4. The SMILES string of the molecule is CN(Cc1ccc(N2c3ccccc3Cc3ccccc32)cc1)c1ccc2c(c1)-c1ccccc1C21c2ccccc2-c2ccccc21. The zero-order chi connectivity index (χ0) is 31.8. The van der Waals surface area contributed by atoms with Gasteiger partial charge in [-0.15, -0.1) is 0 Å². The van der Waals surface area contributed by atoms with Gasteiger partial charge in [0.05, 0.1) is 5.41 Å². The molecule has 0 bridgehead atoms. The minimum atomic E-state index is -0.294. The van der Waals surface area contributed by atoms with Gasteiger partial charge in [-0.25, -0.2) is 0 Å². The quantitative estimate of drug-likeness (QED) is 0.195. The molecule has 0 saturated carbocycles. The highest BCUT2D eigenvalue weighted by Gasteiger charge is 2.51. The van der Waals surface area contributed by atoms with E-state index in [1.165, 1.54) is 83.9 Å². The lowest BCUT2D eigenvalue weighted by atomic mass is 9.70. The van der Waals surface area contributed by atoms with E-state index in [0.29, 0.717) is 0 Å². The molecule has 0 atom stereocenters. The van der Waals surface area contributed by atoms with Gasteiger partial charge in [0.2, 0.25) is 0 Å². The van der Waals surface area contributed by atoms with Crippen molar-refractivity contribution in [3.8, 4) is 22.3 Å². The van der Waals surface area contributed by atoms with Crippen molar-refractivity contribution in [2.24, 2.45) is 0 Å². The molecule has 7 aromatic carbocycles. The molecule has 1 heterocycles. The van der Waals surface area contributed by atoms with Crippen LogP contribution >= 0.6 is 0 Å². The van der Waals surface area contributed by atoms with Crippen molar-refractivity contribution >= 4 is 22.7 Å². The first-order valence-electron chi connectivity index (χ1n) is 16.9. The highest BCUT2D eigenvalue weighted by Crippen LogP contribution is 2.63. The van der Waals surface area contributed by atoms with Crippen molar-refractivity contribution in [3.05, 3.63) is 203 Å². The third kappa shape index (κ3) is 3.74. The lowest BCUT2D eigenvalue weighted by molar-refractivity contribution is 0.793. The van der Waals surface area contributed by atoms with E-state index in [0.717, 1.165) is 13.0 Å². The van der Waals surface area contributed by atoms with Crippen molar-refractivity contribution in [1.82, 2.24) is 0 Å². The molecule has 2 aliphatic carbocycles. The predicted molar refractivity (Wildman–Crippen MR) is 199 cm³/mol. The number of fused-ring (bicyclic) bond motifs is 12. The lowest BCUT2D eigenvalue weighted by Gasteiger charge is -2.33. The summed E-state index contributed by atoms with van der Waals surface area (Å²) in [6.07, 6.45) is 0.969. The molecule has 48 heavy (non-hydrogen) atoms. The van der Waals surface area contributed by atoms with Gasteiger partial charge in [-0.1, -0.05) is 127 Å². The second kappa shape index (κ2) is 10.3. The van der Waals surface area contributed by atoms with Crippen LogP contribution in [0.2, 0.25) is 0 Å². The minimum absolute atomic E-state index is 0.294. The van der Waals surface area contributed by atoms with Crippen LogP contribution in [-0.4, -0.2) is 7.05 Å². The van der Waals surface area contributed by atoms with Crippen LogP contribution in [-0.2, 0) is 18.4 Å². The fourth-order valence-electron chi connectivity index (χ4n) is 8.81. The summed E-state index contributed by atoms with van der Waals surface area (Å²) in [5, 5.41) is 0. The van der Waals surface area contributed by atoms with E-state index in [-0.39, 0.29) is 5.41 Å². The first kappa shape index (κ1) is 27.3. The summed E-state index contributed by atoms with van der Waals surface area (Å²) in [5.74, 6) is 0. The highest BCUT2D eigenvalue weighted by molar-refractivity contribution is 5.95. The topological polar surface area (TPSA) is 6.48 Å². The van der Waals surface area contributed by atoms with Crippen LogP contribution in [0.4, 0.5) is 22.7 Å². The van der Waals surface area contributed by atoms with Crippen LogP contribution in [0.5, 0.6) is 0 Å². The Labute approximate surface area is 282 Å². The van der Waals surface area contributed by atoms with Crippen LogP contribution in [0.25, 0.3) is 22.3 Å². The molecule has 0 unspecified atom stereocenters. The number of para-hydroxylation sites is 2. The molecule has 0 aromatic heterocycles. The van der Waals surface area contributed by atoms with E-state index < -0.39 is 0 Å². The van der Waals surface area contributed by atoms with Crippen molar-refractivity contribution in [2.75, 3.05) is 16.8 Å². The monoisotopic (exact) mass is 614 g/mol. The summed E-state index contributed by atoms with van der Waals surface area (Å²) < 4.78 is 0. The minimum Gasteiger partial charge on any atom is -0.370 e. The Morgan fingerprint density at radius 3 is 1.56 bits per heavy atom. The fourth-order valence-corrected chi connectivity index (χ4v) is 8.81. The Bertz CT molecular complexity index is 2290. The Balaban J connectivity index is 1.00. The molecule has 2 heteroatoms. The van der Waals surface area contributed by atoms with Gasteiger partial charge in [0.1, 0.15) is 0 Å². The molecule has 228 valence electrons. The second-order valence-electron chi connectivity index (χ2n) is 13.4. The summed E-state index contributed by atoms with van der Waals surface area (Å²) in [6, 6.07) is 60.9.